The quantitative estimate of drug-likeness (QED) is 0.796. The summed E-state index contributed by atoms with van der Waals surface area (Å²) in [7, 11) is 0. The maximum absolute atomic E-state index is 9.57. The van der Waals surface area contributed by atoms with Crippen LogP contribution in [0.5, 0.6) is 5.75 Å². The van der Waals surface area contributed by atoms with Gasteiger partial charge >= 0.3 is 0 Å². The number of aryl methyl sites for hydroxylation is 2. The first-order chi connectivity index (χ1) is 10.2. The van der Waals surface area contributed by atoms with Crippen molar-refractivity contribution >= 4 is 0 Å². The number of aromatic nitrogens is 3. The molecule has 5 heteroatoms. The molecule has 3 rings (SSSR count). The van der Waals surface area contributed by atoms with Gasteiger partial charge in [0.15, 0.2) is 0 Å². The van der Waals surface area contributed by atoms with Crippen molar-refractivity contribution in [1.82, 2.24) is 15.1 Å². The molecule has 0 radical (unpaired) electrons. The van der Waals surface area contributed by atoms with Gasteiger partial charge in [-0.15, -0.1) is 0 Å². The van der Waals surface area contributed by atoms with Gasteiger partial charge in [0.25, 0.3) is 5.89 Å². The lowest BCUT2D eigenvalue weighted by Gasteiger charge is -2.01. The highest BCUT2D eigenvalue weighted by Crippen LogP contribution is 2.26. The Morgan fingerprint density at radius 3 is 2.86 bits per heavy atom. The van der Waals surface area contributed by atoms with Gasteiger partial charge in [-0.1, -0.05) is 18.1 Å². The van der Waals surface area contributed by atoms with Crippen molar-refractivity contribution in [2.75, 3.05) is 0 Å². The second-order valence-corrected chi connectivity index (χ2v) is 4.79. The molecule has 0 bridgehead atoms. The van der Waals surface area contributed by atoms with Crippen LogP contribution in [0.25, 0.3) is 23.0 Å². The number of benzene rings is 1. The van der Waals surface area contributed by atoms with Crippen LogP contribution in [0.15, 0.2) is 41.1 Å². The fourth-order valence-corrected chi connectivity index (χ4v) is 2.15. The van der Waals surface area contributed by atoms with E-state index in [4.69, 9.17) is 4.52 Å². The van der Waals surface area contributed by atoms with Gasteiger partial charge in [0.1, 0.15) is 11.4 Å². The Labute approximate surface area is 122 Å². The number of hydrogen-bond acceptors (Lipinski definition) is 5. The van der Waals surface area contributed by atoms with Crippen LogP contribution < -0.4 is 0 Å². The molecule has 0 atom stereocenters. The van der Waals surface area contributed by atoms with Crippen LogP contribution in [-0.4, -0.2) is 20.2 Å². The predicted molar refractivity (Wildman–Crippen MR) is 78.7 cm³/mol. The topological polar surface area (TPSA) is 72.0 Å². The summed E-state index contributed by atoms with van der Waals surface area (Å²) in [4.78, 5) is 8.74. The van der Waals surface area contributed by atoms with Crippen LogP contribution in [0.3, 0.4) is 0 Å². The molecule has 21 heavy (non-hydrogen) atoms. The number of pyridine rings is 1. The van der Waals surface area contributed by atoms with E-state index in [0.717, 1.165) is 28.8 Å². The Morgan fingerprint density at radius 1 is 1.24 bits per heavy atom. The average Bonchev–Trinajstić information content (AvgIpc) is 2.99. The molecule has 3 aromatic rings. The van der Waals surface area contributed by atoms with Gasteiger partial charge in [-0.3, -0.25) is 4.98 Å². The van der Waals surface area contributed by atoms with Gasteiger partial charge in [-0.25, -0.2) is 0 Å². The zero-order valence-corrected chi connectivity index (χ0v) is 11.9. The molecule has 1 aromatic carbocycles. The summed E-state index contributed by atoms with van der Waals surface area (Å²) in [6.07, 6.45) is 2.57. The Morgan fingerprint density at radius 2 is 2.10 bits per heavy atom. The molecule has 2 aromatic heterocycles. The van der Waals surface area contributed by atoms with E-state index in [1.807, 2.05) is 25.1 Å². The van der Waals surface area contributed by atoms with E-state index in [1.54, 1.807) is 18.3 Å². The third kappa shape index (κ3) is 2.50. The maximum Gasteiger partial charge on any atom is 0.258 e. The first kappa shape index (κ1) is 13.3. The number of rotatable bonds is 3. The molecule has 0 spiro atoms. The van der Waals surface area contributed by atoms with E-state index >= 15 is 0 Å². The minimum absolute atomic E-state index is 0.247. The summed E-state index contributed by atoms with van der Waals surface area (Å²) in [5, 5.41) is 13.6. The van der Waals surface area contributed by atoms with Crippen molar-refractivity contribution in [3.8, 4) is 28.7 Å². The van der Waals surface area contributed by atoms with Crippen molar-refractivity contribution < 1.29 is 9.63 Å². The molecule has 0 aliphatic rings. The molecule has 0 aliphatic heterocycles. The fourth-order valence-electron chi connectivity index (χ4n) is 2.15. The van der Waals surface area contributed by atoms with Crippen LogP contribution >= 0.6 is 0 Å². The SMILES string of the molecule is CCc1cccnc1-c1noc(-c2ccc(O)c(C)c2)n1. The van der Waals surface area contributed by atoms with Gasteiger partial charge in [0.05, 0.1) is 0 Å². The molecule has 0 aliphatic carbocycles. The third-order valence-electron chi connectivity index (χ3n) is 3.35. The van der Waals surface area contributed by atoms with Crippen LogP contribution in [0.2, 0.25) is 0 Å². The van der Waals surface area contributed by atoms with E-state index in [0.29, 0.717) is 11.7 Å². The number of phenols is 1. The minimum Gasteiger partial charge on any atom is -0.508 e. The highest BCUT2D eigenvalue weighted by molar-refractivity contribution is 5.61. The Bertz CT molecular complexity index is 781. The molecule has 0 unspecified atom stereocenters. The van der Waals surface area contributed by atoms with Crippen molar-refractivity contribution in [3.63, 3.8) is 0 Å². The second kappa shape index (κ2) is 5.36. The lowest BCUT2D eigenvalue weighted by molar-refractivity contribution is 0.431. The van der Waals surface area contributed by atoms with Gasteiger partial charge in [-0.2, -0.15) is 4.98 Å². The largest absolute Gasteiger partial charge is 0.508 e. The third-order valence-corrected chi connectivity index (χ3v) is 3.35. The molecular weight excluding hydrogens is 266 g/mol. The van der Waals surface area contributed by atoms with Gasteiger partial charge in [-0.05, 0) is 48.7 Å². The lowest BCUT2D eigenvalue weighted by Crippen LogP contribution is -1.92. The summed E-state index contributed by atoms with van der Waals surface area (Å²) in [5.41, 5.74) is 3.36. The normalized spacial score (nSPS) is 10.8. The van der Waals surface area contributed by atoms with Crippen molar-refractivity contribution in [2.24, 2.45) is 0 Å². The van der Waals surface area contributed by atoms with Crippen LogP contribution in [0.1, 0.15) is 18.1 Å². The molecule has 2 heterocycles. The molecule has 0 fully saturated rings. The number of hydrogen-bond donors (Lipinski definition) is 1. The first-order valence-corrected chi connectivity index (χ1v) is 6.77. The standard InChI is InChI=1S/C16H15N3O2/c1-3-11-5-4-8-17-14(11)15-18-16(21-19-15)12-6-7-13(20)10(2)9-12/h4-9,20H,3H2,1-2H3. The van der Waals surface area contributed by atoms with Gasteiger partial charge < -0.3 is 9.63 Å². The zero-order valence-electron chi connectivity index (χ0n) is 11.9. The lowest BCUT2D eigenvalue weighted by atomic mass is 10.1. The van der Waals surface area contributed by atoms with E-state index in [-0.39, 0.29) is 5.75 Å². The summed E-state index contributed by atoms with van der Waals surface area (Å²) in [6, 6.07) is 9.08. The summed E-state index contributed by atoms with van der Waals surface area (Å²) in [6.45, 7) is 3.88. The molecule has 0 saturated carbocycles. The van der Waals surface area contributed by atoms with Crippen LogP contribution in [0.4, 0.5) is 0 Å². The Balaban J connectivity index is 2.01. The van der Waals surface area contributed by atoms with Crippen LogP contribution in [-0.2, 0) is 6.42 Å². The Kier molecular flexibility index (Phi) is 3.39. The molecule has 5 nitrogen and oxygen atoms in total. The molecule has 0 amide bonds. The fraction of sp³-hybridized carbons (Fsp3) is 0.188. The highest BCUT2D eigenvalue weighted by Gasteiger charge is 2.14. The van der Waals surface area contributed by atoms with Crippen molar-refractivity contribution in [3.05, 3.63) is 47.7 Å². The smallest absolute Gasteiger partial charge is 0.258 e. The van der Waals surface area contributed by atoms with E-state index in [9.17, 15) is 5.11 Å². The Hall–Kier alpha value is -2.69. The van der Waals surface area contributed by atoms with Gasteiger partial charge in [0.2, 0.25) is 5.82 Å². The number of phenolic OH excluding ortho intramolecular Hbond substituents is 1. The predicted octanol–water partition coefficient (Wildman–Crippen LogP) is 3.38. The van der Waals surface area contributed by atoms with E-state index in [2.05, 4.69) is 22.0 Å². The van der Waals surface area contributed by atoms with E-state index < -0.39 is 0 Å². The van der Waals surface area contributed by atoms with Crippen LogP contribution in [0, 0.1) is 6.92 Å². The van der Waals surface area contributed by atoms with Crippen molar-refractivity contribution in [2.45, 2.75) is 20.3 Å². The first-order valence-electron chi connectivity index (χ1n) is 6.77. The minimum atomic E-state index is 0.247. The number of aromatic hydroxyl groups is 1. The second-order valence-electron chi connectivity index (χ2n) is 4.79. The summed E-state index contributed by atoms with van der Waals surface area (Å²) in [5.74, 6) is 1.14. The zero-order chi connectivity index (χ0) is 14.8. The molecular formula is C16H15N3O2. The summed E-state index contributed by atoms with van der Waals surface area (Å²) >= 11 is 0. The van der Waals surface area contributed by atoms with Gasteiger partial charge in [0, 0.05) is 11.8 Å². The van der Waals surface area contributed by atoms with Crippen molar-refractivity contribution in [1.29, 1.82) is 0 Å². The molecule has 106 valence electrons. The monoisotopic (exact) mass is 281 g/mol. The van der Waals surface area contributed by atoms with E-state index in [1.165, 1.54) is 0 Å². The number of nitrogens with zero attached hydrogens (tertiary/aromatic N) is 3. The maximum atomic E-state index is 9.57. The average molecular weight is 281 g/mol. The molecule has 0 saturated heterocycles. The summed E-state index contributed by atoms with van der Waals surface area (Å²) < 4.78 is 5.32. The highest BCUT2D eigenvalue weighted by atomic mass is 16.5. The molecule has 1 N–H and O–H groups in total.